The van der Waals surface area contributed by atoms with Crippen LogP contribution in [0.3, 0.4) is 0 Å². The van der Waals surface area contributed by atoms with Gasteiger partial charge in [0.15, 0.2) is 0 Å². The van der Waals surface area contributed by atoms with Gasteiger partial charge in [-0.1, -0.05) is 113 Å². The molecular weight excluding hydrogens is 440 g/mol. The number of aromatic nitrogens is 1. The summed E-state index contributed by atoms with van der Waals surface area (Å²) in [7, 11) is -0.421. The van der Waals surface area contributed by atoms with Crippen molar-refractivity contribution in [2.24, 2.45) is 0 Å². The minimum atomic E-state index is -0.421. The van der Waals surface area contributed by atoms with Crippen molar-refractivity contribution in [1.29, 1.82) is 0 Å². The lowest BCUT2D eigenvalue weighted by molar-refractivity contribution is 0.00578. The molecule has 0 N–H and O–H groups in total. The highest BCUT2D eigenvalue weighted by atomic mass is 16.7. The van der Waals surface area contributed by atoms with Gasteiger partial charge in [0.05, 0.1) is 16.9 Å². The molecular formula is C31H31B2NO2. The predicted molar refractivity (Wildman–Crippen MR) is 152 cm³/mol. The zero-order chi connectivity index (χ0) is 25.2. The molecule has 0 radical (unpaired) electrons. The Morgan fingerprint density at radius 1 is 0.694 bits per heavy atom. The molecule has 0 bridgehead atoms. The Labute approximate surface area is 215 Å². The third-order valence-electron chi connectivity index (χ3n) is 7.32. The maximum atomic E-state index is 6.22. The van der Waals surface area contributed by atoms with Crippen LogP contribution < -0.4 is 16.4 Å². The van der Waals surface area contributed by atoms with E-state index in [0.29, 0.717) is 0 Å². The molecule has 2 heterocycles. The average molecular weight is 471 g/mol. The highest BCUT2D eigenvalue weighted by Crippen LogP contribution is 2.36. The Kier molecular flexibility index (Phi) is 6.70. The van der Waals surface area contributed by atoms with Crippen LogP contribution in [0.4, 0.5) is 0 Å². The summed E-state index contributed by atoms with van der Waals surface area (Å²) in [6.07, 6.45) is 4.07. The maximum Gasteiger partial charge on any atom is 0.496 e. The Morgan fingerprint density at radius 3 is 1.67 bits per heavy atom. The van der Waals surface area contributed by atoms with Crippen LogP contribution in [0.5, 0.6) is 0 Å². The van der Waals surface area contributed by atoms with Gasteiger partial charge in [-0.3, -0.25) is 4.98 Å². The van der Waals surface area contributed by atoms with E-state index in [4.69, 9.17) is 14.3 Å². The van der Waals surface area contributed by atoms with Gasteiger partial charge in [-0.2, -0.15) is 0 Å². The zero-order valence-electron chi connectivity index (χ0n) is 21.4. The Balaban J connectivity index is 1.56. The Hall–Kier alpha value is -3.40. The molecule has 1 aliphatic heterocycles. The first-order valence-corrected chi connectivity index (χ1v) is 12.5. The van der Waals surface area contributed by atoms with Gasteiger partial charge in [0, 0.05) is 11.7 Å². The van der Waals surface area contributed by atoms with Crippen molar-refractivity contribution in [1.82, 2.24) is 4.98 Å². The van der Waals surface area contributed by atoms with Crippen LogP contribution in [-0.2, 0) is 9.31 Å². The van der Waals surface area contributed by atoms with Crippen LogP contribution in [0.1, 0.15) is 39.0 Å². The van der Waals surface area contributed by atoms with Crippen LogP contribution >= 0.6 is 0 Å². The van der Waals surface area contributed by atoms with Crippen LogP contribution in [-0.4, -0.2) is 30.0 Å². The lowest BCUT2D eigenvalue weighted by Crippen LogP contribution is -2.43. The largest absolute Gasteiger partial charge is 0.496 e. The van der Waals surface area contributed by atoms with Crippen LogP contribution in [0, 0.1) is 0 Å². The topological polar surface area (TPSA) is 31.4 Å². The van der Waals surface area contributed by atoms with E-state index >= 15 is 0 Å². The molecule has 4 aromatic rings. The summed E-state index contributed by atoms with van der Waals surface area (Å²) in [6.45, 7) is 8.33. The average Bonchev–Trinajstić information content (AvgIpc) is 3.12. The summed E-state index contributed by atoms with van der Waals surface area (Å²) >= 11 is 0. The van der Waals surface area contributed by atoms with Gasteiger partial charge in [-0.15, -0.1) is 0 Å². The molecule has 1 aromatic heterocycles. The number of pyridine rings is 1. The normalized spacial score (nSPS) is 16.7. The van der Waals surface area contributed by atoms with Gasteiger partial charge in [0.25, 0.3) is 0 Å². The summed E-state index contributed by atoms with van der Waals surface area (Å²) in [6, 6.07) is 36.0. The molecule has 0 atom stereocenters. The second kappa shape index (κ2) is 9.93. The summed E-state index contributed by atoms with van der Waals surface area (Å²) in [4.78, 5) is 4.82. The Bertz CT molecular complexity index is 1270. The second-order valence-corrected chi connectivity index (χ2v) is 10.3. The Morgan fingerprint density at radius 2 is 1.19 bits per heavy atom. The van der Waals surface area contributed by atoms with E-state index in [1.165, 1.54) is 22.0 Å². The summed E-state index contributed by atoms with van der Waals surface area (Å²) in [5.74, 6) is 0. The molecule has 0 saturated carbocycles. The van der Waals surface area contributed by atoms with Crippen LogP contribution in [0.15, 0.2) is 109 Å². The lowest BCUT2D eigenvalue weighted by atomic mass is 9.35. The zero-order valence-corrected chi connectivity index (χ0v) is 21.4. The molecule has 0 spiro atoms. The van der Waals surface area contributed by atoms with Crippen molar-refractivity contribution in [2.45, 2.75) is 38.9 Å². The van der Waals surface area contributed by atoms with Crippen LogP contribution in [0.2, 0.25) is 0 Å². The maximum absolute atomic E-state index is 6.22. The molecule has 178 valence electrons. The number of rotatable bonds is 6. The molecule has 0 unspecified atom stereocenters. The van der Waals surface area contributed by atoms with E-state index in [-0.39, 0.29) is 17.9 Å². The van der Waals surface area contributed by atoms with Crippen molar-refractivity contribution < 1.29 is 9.31 Å². The second-order valence-electron chi connectivity index (χ2n) is 10.3. The lowest BCUT2D eigenvalue weighted by Gasteiger charge is -2.32. The highest BCUT2D eigenvalue weighted by Gasteiger charge is 2.51. The van der Waals surface area contributed by atoms with Crippen molar-refractivity contribution in [3.63, 3.8) is 0 Å². The van der Waals surface area contributed by atoms with E-state index in [9.17, 15) is 0 Å². The van der Waals surface area contributed by atoms with Gasteiger partial charge < -0.3 is 9.31 Å². The van der Waals surface area contributed by atoms with Gasteiger partial charge in [-0.05, 0) is 45.4 Å². The predicted octanol–water partition coefficient (Wildman–Crippen LogP) is 4.77. The highest BCUT2D eigenvalue weighted by molar-refractivity contribution is 7.00. The number of hydrogen-bond donors (Lipinski definition) is 0. The van der Waals surface area contributed by atoms with E-state index < -0.39 is 7.12 Å². The van der Waals surface area contributed by atoms with Gasteiger partial charge in [-0.25, -0.2) is 0 Å². The van der Waals surface area contributed by atoms with E-state index in [1.54, 1.807) is 0 Å². The number of nitrogens with zero attached hydrogens (tertiary/aromatic N) is 1. The van der Waals surface area contributed by atoms with E-state index in [0.717, 1.165) is 11.2 Å². The van der Waals surface area contributed by atoms with Gasteiger partial charge in [0.2, 0.25) is 6.71 Å². The monoisotopic (exact) mass is 471 g/mol. The smallest absolute Gasteiger partial charge is 0.399 e. The minimum absolute atomic E-state index is 0.0689. The summed E-state index contributed by atoms with van der Waals surface area (Å²) in [5.41, 5.74) is 5.92. The molecule has 3 aromatic carbocycles. The molecule has 1 fully saturated rings. The van der Waals surface area contributed by atoms with Crippen molar-refractivity contribution in [3.8, 4) is 0 Å². The first kappa shape index (κ1) is 24.3. The molecule has 5 rings (SSSR count). The van der Waals surface area contributed by atoms with E-state index in [2.05, 4.69) is 137 Å². The van der Waals surface area contributed by atoms with Crippen molar-refractivity contribution in [2.75, 3.05) is 0 Å². The van der Waals surface area contributed by atoms with Gasteiger partial charge >= 0.3 is 7.12 Å². The minimum Gasteiger partial charge on any atom is -0.399 e. The fourth-order valence-corrected chi connectivity index (χ4v) is 4.59. The van der Waals surface area contributed by atoms with Crippen molar-refractivity contribution in [3.05, 3.63) is 121 Å². The fraction of sp³-hybridized carbons (Fsp3) is 0.194. The fourth-order valence-electron chi connectivity index (χ4n) is 4.59. The van der Waals surface area contributed by atoms with Crippen LogP contribution in [0.25, 0.3) is 11.5 Å². The van der Waals surface area contributed by atoms with Gasteiger partial charge in [0.1, 0.15) is 0 Å². The SMILES string of the molecule is CC1(C)OB(c2ccc(/C=C(\B(c3ccccc3)c3ccccc3)c3ccccc3)nc2)OC1(C)C. The first-order chi connectivity index (χ1) is 17.3. The molecule has 5 heteroatoms. The number of benzene rings is 3. The number of hydrogen-bond acceptors (Lipinski definition) is 3. The summed E-state index contributed by atoms with van der Waals surface area (Å²) < 4.78 is 12.4. The quantitative estimate of drug-likeness (QED) is 0.380. The third-order valence-corrected chi connectivity index (χ3v) is 7.32. The molecule has 1 aliphatic rings. The molecule has 3 nitrogen and oxygen atoms in total. The molecule has 0 amide bonds. The molecule has 1 saturated heterocycles. The third kappa shape index (κ3) is 4.95. The first-order valence-electron chi connectivity index (χ1n) is 12.5. The molecule has 0 aliphatic carbocycles. The van der Waals surface area contributed by atoms with Crippen molar-refractivity contribution >= 4 is 41.8 Å². The van der Waals surface area contributed by atoms with E-state index in [1.807, 2.05) is 6.20 Å². The summed E-state index contributed by atoms with van der Waals surface area (Å²) in [5, 5.41) is 0. The molecule has 36 heavy (non-hydrogen) atoms. The standard InChI is InChI=1S/C31H31B2NO2/c1-30(2)31(3,4)36-33(35-30)27-20-21-28(34-23-27)22-29(24-14-8-5-9-15-24)32(25-16-10-6-11-17-25)26-18-12-7-13-19-26/h5-23H,1-4H3/b29-22-.